The summed E-state index contributed by atoms with van der Waals surface area (Å²) in [5, 5.41) is 0. The lowest BCUT2D eigenvalue weighted by Crippen LogP contribution is -2.53. The van der Waals surface area contributed by atoms with Crippen molar-refractivity contribution in [2.24, 2.45) is 5.73 Å². The molecule has 0 radical (unpaired) electrons. The summed E-state index contributed by atoms with van der Waals surface area (Å²) < 4.78 is 46.3. The van der Waals surface area contributed by atoms with Gasteiger partial charge in [-0.2, -0.15) is 13.2 Å². The van der Waals surface area contributed by atoms with E-state index < -0.39 is 35.9 Å². The minimum Gasteiger partial charge on any atom is -0.457 e. The fourth-order valence-electron chi connectivity index (χ4n) is 0.978. The van der Waals surface area contributed by atoms with Crippen molar-refractivity contribution < 1.29 is 32.2 Å². The Bertz CT molecular complexity index is 322. The molecule has 0 aromatic rings. The molecular weight excluding hydrogens is 255 g/mol. The fraction of sp³-hybridized carbons (Fsp3) is 0.800. The van der Waals surface area contributed by atoms with E-state index in [4.69, 9.17) is 10.5 Å². The van der Waals surface area contributed by atoms with Crippen molar-refractivity contribution in [3.63, 3.8) is 0 Å². The fourth-order valence-corrected chi connectivity index (χ4v) is 0.978. The van der Waals surface area contributed by atoms with E-state index in [0.29, 0.717) is 0 Å². The highest BCUT2D eigenvalue weighted by molar-refractivity contribution is 5.79. The topological polar surface area (TPSA) is 78.6 Å². The van der Waals surface area contributed by atoms with Crippen LogP contribution in [0.4, 0.5) is 13.2 Å². The first-order chi connectivity index (χ1) is 7.84. The zero-order chi connectivity index (χ0) is 14.7. The molecule has 0 fully saturated rings. The van der Waals surface area contributed by atoms with Gasteiger partial charge >= 0.3 is 18.1 Å². The molecule has 0 aromatic heterocycles. The van der Waals surface area contributed by atoms with Crippen molar-refractivity contribution in [1.82, 2.24) is 0 Å². The third kappa shape index (κ3) is 5.85. The van der Waals surface area contributed by atoms with Crippen LogP contribution in [0, 0.1) is 0 Å². The van der Waals surface area contributed by atoms with Crippen molar-refractivity contribution in [2.45, 2.75) is 51.6 Å². The number of nitrogens with two attached hydrogens (primary N) is 1. The predicted octanol–water partition coefficient (Wildman–Crippen LogP) is 1.15. The van der Waals surface area contributed by atoms with Crippen molar-refractivity contribution >= 4 is 11.9 Å². The summed E-state index contributed by atoms with van der Waals surface area (Å²) in [6.45, 7) is 5.28. The number of carbonyl (C=O) groups is 2. The van der Waals surface area contributed by atoms with Gasteiger partial charge in [0.05, 0.1) is 0 Å². The lowest BCUT2D eigenvalue weighted by Gasteiger charge is -2.27. The Kier molecular flexibility index (Phi) is 5.15. The Balaban J connectivity index is 5.00. The first-order valence-corrected chi connectivity index (χ1v) is 5.07. The van der Waals surface area contributed by atoms with Crippen LogP contribution in [0.2, 0.25) is 0 Å². The highest BCUT2D eigenvalue weighted by Crippen LogP contribution is 2.24. The number of rotatable bonds is 3. The standard InChI is InChI=1S/C10H16F3NO4/c1-5(15)17-6(7(14)10(11,12)13)8(16)18-9(2,3)4/h6-7H,14H2,1-4H3/t6-,7-/m0/s1. The second kappa shape index (κ2) is 5.55. The minimum atomic E-state index is -4.88. The van der Waals surface area contributed by atoms with Gasteiger partial charge in [0.2, 0.25) is 6.10 Å². The van der Waals surface area contributed by atoms with Crippen LogP contribution in [0.25, 0.3) is 0 Å². The van der Waals surface area contributed by atoms with Crippen molar-refractivity contribution in [1.29, 1.82) is 0 Å². The number of hydrogen-bond donors (Lipinski definition) is 1. The quantitative estimate of drug-likeness (QED) is 0.779. The molecule has 2 N–H and O–H groups in total. The van der Waals surface area contributed by atoms with Gasteiger partial charge in [0, 0.05) is 6.92 Å². The maximum absolute atomic E-state index is 12.4. The van der Waals surface area contributed by atoms with Crippen LogP contribution >= 0.6 is 0 Å². The average molecular weight is 271 g/mol. The van der Waals surface area contributed by atoms with E-state index in [1.54, 1.807) is 0 Å². The normalized spacial score (nSPS) is 15.8. The van der Waals surface area contributed by atoms with Crippen molar-refractivity contribution in [3.8, 4) is 0 Å². The van der Waals surface area contributed by atoms with Crippen LogP contribution in [-0.2, 0) is 19.1 Å². The molecule has 0 aliphatic carbocycles. The van der Waals surface area contributed by atoms with Gasteiger partial charge in [0.25, 0.3) is 0 Å². The minimum absolute atomic E-state index is 0.875. The maximum Gasteiger partial charge on any atom is 0.407 e. The first-order valence-electron chi connectivity index (χ1n) is 5.07. The summed E-state index contributed by atoms with van der Waals surface area (Å²) >= 11 is 0. The summed E-state index contributed by atoms with van der Waals surface area (Å²) in [5.74, 6) is -2.38. The average Bonchev–Trinajstić information content (AvgIpc) is 2.08. The molecule has 0 rings (SSSR count). The lowest BCUT2D eigenvalue weighted by atomic mass is 10.1. The van der Waals surface area contributed by atoms with E-state index in [1.165, 1.54) is 20.8 Å². The molecule has 0 saturated heterocycles. The number of ether oxygens (including phenoxy) is 2. The highest BCUT2D eigenvalue weighted by atomic mass is 19.4. The van der Waals surface area contributed by atoms with E-state index in [2.05, 4.69) is 4.74 Å². The summed E-state index contributed by atoms with van der Waals surface area (Å²) in [6.07, 6.45) is -7.08. The van der Waals surface area contributed by atoms with E-state index in [0.717, 1.165) is 6.92 Å². The van der Waals surface area contributed by atoms with Crippen LogP contribution < -0.4 is 5.73 Å². The Labute approximate surface area is 102 Å². The van der Waals surface area contributed by atoms with Crippen LogP contribution in [0.3, 0.4) is 0 Å². The molecule has 5 nitrogen and oxygen atoms in total. The Morgan fingerprint density at radius 2 is 1.61 bits per heavy atom. The van der Waals surface area contributed by atoms with Gasteiger partial charge < -0.3 is 15.2 Å². The smallest absolute Gasteiger partial charge is 0.407 e. The third-order valence-electron chi connectivity index (χ3n) is 1.64. The van der Waals surface area contributed by atoms with Gasteiger partial charge in [-0.3, -0.25) is 4.79 Å². The molecule has 0 saturated carbocycles. The van der Waals surface area contributed by atoms with Crippen molar-refractivity contribution in [2.75, 3.05) is 0 Å². The molecule has 2 atom stereocenters. The van der Waals surface area contributed by atoms with Gasteiger partial charge in [-0.05, 0) is 20.8 Å². The Morgan fingerprint density at radius 3 is 1.89 bits per heavy atom. The van der Waals surface area contributed by atoms with E-state index in [1.807, 2.05) is 0 Å². The lowest BCUT2D eigenvalue weighted by molar-refractivity contribution is -0.201. The maximum atomic E-state index is 12.4. The Morgan fingerprint density at radius 1 is 1.17 bits per heavy atom. The molecule has 8 heteroatoms. The van der Waals surface area contributed by atoms with Crippen LogP contribution in [-0.4, -0.2) is 35.9 Å². The second-order valence-electron chi connectivity index (χ2n) is 4.63. The van der Waals surface area contributed by atoms with E-state index in [9.17, 15) is 22.8 Å². The number of carbonyl (C=O) groups excluding carboxylic acids is 2. The SMILES string of the molecule is CC(=O)O[C@H](C(=O)OC(C)(C)C)[C@H](N)C(F)(F)F. The molecule has 0 aromatic carbocycles. The molecule has 106 valence electrons. The van der Waals surface area contributed by atoms with Gasteiger partial charge in [0.1, 0.15) is 11.6 Å². The summed E-state index contributed by atoms with van der Waals surface area (Å²) in [5.41, 5.74) is 3.85. The molecule has 0 bridgehead atoms. The first kappa shape index (κ1) is 16.7. The van der Waals surface area contributed by atoms with Crippen LogP contribution in [0.15, 0.2) is 0 Å². The summed E-state index contributed by atoms with van der Waals surface area (Å²) in [7, 11) is 0. The monoisotopic (exact) mass is 271 g/mol. The van der Waals surface area contributed by atoms with Crippen LogP contribution in [0.1, 0.15) is 27.7 Å². The number of halogens is 3. The van der Waals surface area contributed by atoms with Crippen molar-refractivity contribution in [3.05, 3.63) is 0 Å². The van der Waals surface area contributed by atoms with Gasteiger partial charge in [-0.15, -0.1) is 0 Å². The van der Waals surface area contributed by atoms with Gasteiger partial charge in [0.15, 0.2) is 0 Å². The number of esters is 2. The van der Waals surface area contributed by atoms with Gasteiger partial charge in [-0.1, -0.05) is 0 Å². The van der Waals surface area contributed by atoms with E-state index >= 15 is 0 Å². The molecule has 18 heavy (non-hydrogen) atoms. The molecule has 0 amide bonds. The largest absolute Gasteiger partial charge is 0.457 e. The number of alkyl halides is 3. The highest BCUT2D eigenvalue weighted by Gasteiger charge is 2.48. The zero-order valence-electron chi connectivity index (χ0n) is 10.5. The summed E-state index contributed by atoms with van der Waals surface area (Å²) in [6, 6.07) is -2.63. The van der Waals surface area contributed by atoms with Crippen LogP contribution in [0.5, 0.6) is 0 Å². The number of hydrogen-bond acceptors (Lipinski definition) is 5. The molecule has 0 heterocycles. The third-order valence-corrected chi connectivity index (χ3v) is 1.64. The van der Waals surface area contributed by atoms with Gasteiger partial charge in [-0.25, -0.2) is 4.79 Å². The molecule has 0 aliphatic heterocycles. The molecular formula is C10H16F3NO4. The predicted molar refractivity (Wildman–Crippen MR) is 55.4 cm³/mol. The molecule has 0 spiro atoms. The van der Waals surface area contributed by atoms with E-state index in [-0.39, 0.29) is 0 Å². The molecule has 0 unspecified atom stereocenters. The second-order valence-corrected chi connectivity index (χ2v) is 4.63. The summed E-state index contributed by atoms with van der Waals surface area (Å²) in [4.78, 5) is 22.2. The zero-order valence-corrected chi connectivity index (χ0v) is 10.5. The Hall–Kier alpha value is -1.31. The molecule has 0 aliphatic rings.